The zero-order valence-corrected chi connectivity index (χ0v) is 28.5. The van der Waals surface area contributed by atoms with Crippen molar-refractivity contribution in [2.45, 2.75) is 70.5 Å². The molecule has 6 rings (SSSR count). The Hall–Kier alpha value is -5.10. The molecule has 4 aliphatic heterocycles. The molecule has 2 fully saturated rings. The van der Waals surface area contributed by atoms with Gasteiger partial charge in [-0.1, -0.05) is 33.4 Å². The molecule has 2 saturated heterocycles. The maximum absolute atomic E-state index is 12.6. The van der Waals surface area contributed by atoms with E-state index >= 15 is 0 Å². The molecular weight excluding hydrogens is 709 g/mol. The number of amides is 8. The molecule has 2 N–H and O–H groups in total. The molecule has 272 valence electrons. The summed E-state index contributed by atoms with van der Waals surface area (Å²) in [5.74, 6) is -5.27. The predicted octanol–water partition coefficient (Wildman–Crippen LogP) is 0.681. The van der Waals surface area contributed by atoms with Gasteiger partial charge in [0.25, 0.3) is 23.6 Å². The van der Waals surface area contributed by atoms with E-state index in [2.05, 4.69) is 10.6 Å². The average molecular weight is 745 g/mol. The molecule has 0 bridgehead atoms. The molecule has 0 saturated carbocycles. The van der Waals surface area contributed by atoms with Gasteiger partial charge in [0.1, 0.15) is 12.1 Å². The number of fused-ring (bicyclic) bond motifs is 2. The number of rotatable bonds is 8. The van der Waals surface area contributed by atoms with Gasteiger partial charge < -0.3 is 0 Å². The minimum Gasteiger partial charge on any atom is -0.295 e. The Bertz CT molecular complexity index is 1960. The molecule has 2 atom stereocenters. The largest absolute Gasteiger partial charge is 0.295 e. The van der Waals surface area contributed by atoms with Gasteiger partial charge in [-0.05, 0) is 48.2 Å². The minimum atomic E-state index is -3.28. The highest BCUT2D eigenvalue weighted by atomic mass is 32.2. The van der Waals surface area contributed by atoms with Gasteiger partial charge in [0.15, 0.2) is 19.7 Å². The van der Waals surface area contributed by atoms with Crippen molar-refractivity contribution in [2.24, 2.45) is 0 Å². The summed E-state index contributed by atoms with van der Waals surface area (Å²) in [5.41, 5.74) is 1.25. The Morgan fingerprint density at radius 1 is 0.569 bits per heavy atom. The van der Waals surface area contributed by atoms with E-state index < -0.39 is 79.0 Å². The highest BCUT2D eigenvalue weighted by Crippen LogP contribution is 2.30. The van der Waals surface area contributed by atoms with Crippen LogP contribution in [0.25, 0.3) is 0 Å². The van der Waals surface area contributed by atoms with Crippen LogP contribution in [-0.2, 0) is 50.4 Å². The van der Waals surface area contributed by atoms with Gasteiger partial charge in [0.05, 0.1) is 33.8 Å². The lowest BCUT2D eigenvalue weighted by atomic mass is 10.0. The van der Waals surface area contributed by atoms with Crippen molar-refractivity contribution < 1.29 is 55.2 Å². The van der Waals surface area contributed by atoms with Crippen molar-refractivity contribution in [3.63, 3.8) is 0 Å². The van der Waals surface area contributed by atoms with Crippen LogP contribution < -0.4 is 10.6 Å². The van der Waals surface area contributed by atoms with Crippen molar-refractivity contribution in [2.75, 3.05) is 11.5 Å². The topological polar surface area (TPSA) is 235 Å². The number of nitrogens with one attached hydrogen (secondary N) is 2. The van der Waals surface area contributed by atoms with Crippen LogP contribution in [0.1, 0.15) is 99.5 Å². The smallest absolute Gasteiger partial charge is 0.262 e. The standard InChI is InChI=1S/2C16H16N2O6S.CH4/c2*1-2-25(23,24)8-9-3-4-10-11(7-9)16(22)18(15(10)21)12-5-6-13(19)17-14(12)20;/h2*3-4,7,12H,2,5-6,8H2,1H3,(H,17,19,20);1H4. The monoisotopic (exact) mass is 744 g/mol. The number of imide groups is 4. The zero-order chi connectivity index (χ0) is 36.7. The Morgan fingerprint density at radius 2 is 0.902 bits per heavy atom. The lowest BCUT2D eigenvalue weighted by Crippen LogP contribution is -2.54. The van der Waals surface area contributed by atoms with E-state index in [-0.39, 0.29) is 78.4 Å². The number of hydrogen-bond acceptors (Lipinski definition) is 12. The van der Waals surface area contributed by atoms with Crippen LogP contribution in [0.3, 0.4) is 0 Å². The Balaban J connectivity index is 0.000000224. The Kier molecular flexibility index (Phi) is 11.1. The van der Waals surface area contributed by atoms with Crippen LogP contribution in [0.2, 0.25) is 0 Å². The average Bonchev–Trinajstić information content (AvgIpc) is 3.44. The first-order valence-corrected chi connectivity index (χ1v) is 19.2. The van der Waals surface area contributed by atoms with Crippen molar-refractivity contribution in [1.82, 2.24) is 20.4 Å². The second-order valence-corrected chi connectivity index (χ2v) is 16.7. The number of carbonyl (C=O) groups excluding carboxylic acids is 8. The molecule has 4 aliphatic rings. The quantitative estimate of drug-likeness (QED) is 0.355. The molecule has 16 nitrogen and oxygen atoms in total. The first kappa shape index (κ1) is 38.7. The first-order valence-electron chi connectivity index (χ1n) is 15.6. The third-order valence-corrected chi connectivity index (χ3v) is 12.0. The number of sulfone groups is 2. The molecule has 18 heteroatoms. The molecule has 0 aliphatic carbocycles. The van der Waals surface area contributed by atoms with Gasteiger partial charge in [-0.3, -0.25) is 58.8 Å². The predicted molar refractivity (Wildman–Crippen MR) is 179 cm³/mol. The number of piperidine rings is 2. The Morgan fingerprint density at radius 3 is 1.22 bits per heavy atom. The number of nitrogens with zero attached hydrogens (tertiary/aromatic N) is 2. The fourth-order valence-corrected chi connectivity index (χ4v) is 7.71. The van der Waals surface area contributed by atoms with Crippen molar-refractivity contribution in [1.29, 1.82) is 0 Å². The summed E-state index contributed by atoms with van der Waals surface area (Å²) in [4.78, 5) is 98.4. The summed E-state index contributed by atoms with van der Waals surface area (Å²) in [6, 6.07) is 6.49. The molecule has 51 heavy (non-hydrogen) atoms. The SMILES string of the molecule is C.CCS(=O)(=O)Cc1ccc2c(c1)C(=O)N(C1CCC(=O)NC1=O)C2=O.CCS(=O)(=O)Cc1ccc2c(c1)C(=O)N(C1CCC(=O)NC1=O)C2=O. The lowest BCUT2D eigenvalue weighted by Gasteiger charge is -2.27. The van der Waals surface area contributed by atoms with Crippen LogP contribution in [0.15, 0.2) is 36.4 Å². The molecule has 2 aromatic carbocycles. The highest BCUT2D eigenvalue weighted by Gasteiger charge is 2.46. The van der Waals surface area contributed by atoms with E-state index in [0.29, 0.717) is 11.1 Å². The molecule has 0 aromatic heterocycles. The van der Waals surface area contributed by atoms with Crippen LogP contribution in [0.5, 0.6) is 0 Å². The van der Waals surface area contributed by atoms with Crippen molar-refractivity contribution in [3.05, 3.63) is 69.8 Å². The van der Waals surface area contributed by atoms with Gasteiger partial charge in [-0.15, -0.1) is 0 Å². The molecule has 2 unspecified atom stereocenters. The molecule has 4 heterocycles. The van der Waals surface area contributed by atoms with Crippen molar-refractivity contribution in [3.8, 4) is 0 Å². The van der Waals surface area contributed by atoms with E-state index in [0.717, 1.165) is 9.80 Å². The summed E-state index contributed by atoms with van der Waals surface area (Å²) in [6.45, 7) is 3.06. The van der Waals surface area contributed by atoms with Gasteiger partial charge in [0, 0.05) is 24.3 Å². The second kappa shape index (κ2) is 14.6. The van der Waals surface area contributed by atoms with Crippen molar-refractivity contribution >= 4 is 66.9 Å². The lowest BCUT2D eigenvalue weighted by molar-refractivity contribution is -0.137. The summed E-state index contributed by atoms with van der Waals surface area (Å²) in [5, 5.41) is 4.24. The summed E-state index contributed by atoms with van der Waals surface area (Å²) < 4.78 is 47.0. The van der Waals surface area contributed by atoms with E-state index in [9.17, 15) is 55.2 Å². The van der Waals surface area contributed by atoms with Crippen LogP contribution >= 0.6 is 0 Å². The van der Waals surface area contributed by atoms with Crippen LogP contribution in [0.4, 0.5) is 0 Å². The minimum absolute atomic E-state index is 0. The normalized spacial score (nSPS) is 20.3. The molecule has 0 spiro atoms. The fraction of sp³-hybridized carbons (Fsp3) is 0.394. The highest BCUT2D eigenvalue weighted by molar-refractivity contribution is 7.90. The van der Waals surface area contributed by atoms with Gasteiger partial charge in [-0.2, -0.15) is 0 Å². The van der Waals surface area contributed by atoms with E-state index in [1.807, 2.05) is 0 Å². The number of hydrogen-bond donors (Lipinski definition) is 2. The molecule has 0 radical (unpaired) electrons. The van der Waals surface area contributed by atoms with E-state index in [1.165, 1.54) is 50.2 Å². The Labute approximate surface area is 293 Å². The van der Waals surface area contributed by atoms with E-state index in [4.69, 9.17) is 0 Å². The van der Waals surface area contributed by atoms with Gasteiger partial charge >= 0.3 is 0 Å². The molecule has 8 amide bonds. The number of benzene rings is 2. The van der Waals surface area contributed by atoms with Gasteiger partial charge in [-0.25, -0.2) is 16.8 Å². The second-order valence-electron chi connectivity index (χ2n) is 12.0. The van der Waals surface area contributed by atoms with Gasteiger partial charge in [0.2, 0.25) is 23.6 Å². The van der Waals surface area contributed by atoms with Crippen LogP contribution in [0, 0.1) is 0 Å². The maximum Gasteiger partial charge on any atom is 0.262 e. The molecule has 2 aromatic rings. The van der Waals surface area contributed by atoms with Crippen LogP contribution in [-0.4, -0.2) is 97.5 Å². The van der Waals surface area contributed by atoms with E-state index in [1.54, 1.807) is 0 Å². The third kappa shape index (κ3) is 7.80. The summed E-state index contributed by atoms with van der Waals surface area (Å²) in [6.07, 6.45) is 0.244. The zero-order valence-electron chi connectivity index (χ0n) is 26.9. The summed E-state index contributed by atoms with van der Waals surface area (Å²) >= 11 is 0. The number of carbonyl (C=O) groups is 8. The summed E-state index contributed by atoms with van der Waals surface area (Å²) in [7, 11) is -6.56. The fourth-order valence-electron chi connectivity index (χ4n) is 5.93. The molecular formula is C33H36N4O12S2. The maximum atomic E-state index is 12.6. The first-order chi connectivity index (χ1) is 23.5. The third-order valence-electron chi connectivity index (χ3n) is 8.66.